The number of aromatic nitrogens is 4. The van der Waals surface area contributed by atoms with Crippen molar-refractivity contribution in [3.8, 4) is 22.5 Å². The molecule has 0 aliphatic heterocycles. The second-order valence-corrected chi connectivity index (χ2v) is 11.5. The molecule has 3 aromatic heterocycles. The molecule has 1 aromatic carbocycles. The summed E-state index contributed by atoms with van der Waals surface area (Å²) >= 11 is 0. The Bertz CT molecular complexity index is 1530. The second kappa shape index (κ2) is 13.6. The quantitative estimate of drug-likeness (QED) is 0.152. The summed E-state index contributed by atoms with van der Waals surface area (Å²) in [5.41, 5.74) is 4.61. The van der Waals surface area contributed by atoms with Gasteiger partial charge >= 0.3 is 5.97 Å². The normalized spacial score (nSPS) is 16.3. The van der Waals surface area contributed by atoms with Crippen LogP contribution in [0.5, 0.6) is 0 Å². The number of hydrogen-bond acceptors (Lipinski definition) is 8. The molecular weight excluding hydrogens is 559 g/mol. The maximum absolute atomic E-state index is 14.1. The van der Waals surface area contributed by atoms with E-state index in [0.29, 0.717) is 43.1 Å². The van der Waals surface area contributed by atoms with Gasteiger partial charge in [-0.25, -0.2) is 18.9 Å². The minimum absolute atomic E-state index is 0.269. The monoisotopic (exact) mass is 602 g/mol. The van der Waals surface area contributed by atoms with E-state index in [1.54, 1.807) is 18.3 Å². The molecule has 3 heterocycles. The van der Waals surface area contributed by atoms with E-state index in [1.807, 2.05) is 43.5 Å². The topological polar surface area (TPSA) is 94.8 Å². The lowest BCUT2D eigenvalue weighted by Crippen LogP contribution is -2.38. The average Bonchev–Trinajstić information content (AvgIpc) is 3.80. The van der Waals surface area contributed by atoms with Crippen LogP contribution in [0.1, 0.15) is 77.7 Å². The van der Waals surface area contributed by atoms with E-state index in [9.17, 15) is 4.39 Å². The number of nitrogens with zero attached hydrogens (tertiary/aromatic N) is 4. The number of benzene rings is 1. The molecule has 2 aliphatic rings. The van der Waals surface area contributed by atoms with Crippen LogP contribution in [0.25, 0.3) is 28.0 Å². The molecule has 0 spiro atoms. The smallest absolute Gasteiger partial charge is 0.315 e. The van der Waals surface area contributed by atoms with Gasteiger partial charge < -0.3 is 24.8 Å². The van der Waals surface area contributed by atoms with Crippen LogP contribution in [-0.2, 0) is 20.2 Å². The van der Waals surface area contributed by atoms with Crippen molar-refractivity contribution in [2.24, 2.45) is 0 Å². The van der Waals surface area contributed by atoms with E-state index >= 15 is 0 Å². The molecule has 6 rings (SSSR count). The summed E-state index contributed by atoms with van der Waals surface area (Å²) < 4.78 is 34.7. The van der Waals surface area contributed by atoms with Crippen molar-refractivity contribution in [3.05, 3.63) is 60.0 Å². The minimum atomic E-state index is -1.41. The first-order chi connectivity index (χ1) is 21.5. The zero-order chi connectivity index (χ0) is 30.5. The molecule has 0 bridgehead atoms. The van der Waals surface area contributed by atoms with Crippen LogP contribution in [0.15, 0.2) is 48.7 Å². The van der Waals surface area contributed by atoms with E-state index in [4.69, 9.17) is 24.3 Å². The lowest BCUT2D eigenvalue weighted by molar-refractivity contribution is -0.389. The predicted octanol–water partition coefficient (Wildman–Crippen LogP) is 7.53. The van der Waals surface area contributed by atoms with Crippen molar-refractivity contribution in [2.75, 3.05) is 30.5 Å². The minimum Gasteiger partial charge on any atom is -0.367 e. The molecule has 234 valence electrons. The highest BCUT2D eigenvalue weighted by molar-refractivity contribution is 5.92. The van der Waals surface area contributed by atoms with Crippen molar-refractivity contribution in [2.45, 2.75) is 90.2 Å². The van der Waals surface area contributed by atoms with Gasteiger partial charge in [-0.15, -0.1) is 0 Å². The highest BCUT2D eigenvalue weighted by Crippen LogP contribution is 2.41. The predicted molar refractivity (Wildman–Crippen MR) is 170 cm³/mol. The summed E-state index contributed by atoms with van der Waals surface area (Å²) in [5, 5.41) is 12.5. The summed E-state index contributed by atoms with van der Waals surface area (Å²) in [6.45, 7) is 6.97. The number of rotatable bonds is 13. The molecule has 2 fully saturated rings. The average molecular weight is 603 g/mol. The molecule has 44 heavy (non-hydrogen) atoms. The van der Waals surface area contributed by atoms with Gasteiger partial charge in [0.05, 0.1) is 22.3 Å². The van der Waals surface area contributed by atoms with Crippen molar-refractivity contribution < 1.29 is 18.6 Å². The Labute approximate surface area is 258 Å². The number of halogens is 1. The fourth-order valence-electron chi connectivity index (χ4n) is 6.57. The first kappa shape index (κ1) is 30.4. The number of ether oxygens (including phenoxy) is 3. The maximum atomic E-state index is 14.1. The summed E-state index contributed by atoms with van der Waals surface area (Å²) in [6, 6.07) is 13.0. The molecule has 4 aromatic rings. The molecule has 2 N–H and O–H groups in total. The Kier molecular flexibility index (Phi) is 9.39. The lowest BCUT2D eigenvalue weighted by Gasteiger charge is -2.34. The first-order valence-corrected chi connectivity index (χ1v) is 16.2. The fraction of sp³-hybridized carbons (Fsp3) is 0.500. The van der Waals surface area contributed by atoms with Crippen LogP contribution in [0.3, 0.4) is 0 Å². The number of fused-ring (bicyclic) bond motifs is 1. The van der Waals surface area contributed by atoms with Crippen LogP contribution >= 0.6 is 0 Å². The Morgan fingerprint density at radius 2 is 1.43 bits per heavy atom. The second-order valence-electron chi connectivity index (χ2n) is 11.5. The van der Waals surface area contributed by atoms with Crippen LogP contribution < -0.4 is 10.6 Å². The van der Waals surface area contributed by atoms with Gasteiger partial charge in [-0.1, -0.05) is 25.7 Å². The van der Waals surface area contributed by atoms with E-state index < -0.39 is 5.97 Å². The standard InChI is InChI=1S/C34H43FN6O3/c1-4-42-34(43-5-2,44-6-3)27-19-20-29-30(28-21-22-36-33(39-28)38-26-13-9-10-14-26)31(23-15-17-24(35)18-16-23)40-41(29)32(27)37-25-11-7-8-12-25/h15-22,25-26,37H,4-14H2,1-3H3,(H,36,38,39). The van der Waals surface area contributed by atoms with E-state index in [1.165, 1.54) is 37.8 Å². The Morgan fingerprint density at radius 3 is 2.05 bits per heavy atom. The summed E-state index contributed by atoms with van der Waals surface area (Å²) in [7, 11) is 0. The maximum Gasteiger partial charge on any atom is 0.315 e. The van der Waals surface area contributed by atoms with E-state index in [2.05, 4.69) is 15.6 Å². The van der Waals surface area contributed by atoms with Crippen LogP contribution in [0.2, 0.25) is 0 Å². The Balaban J connectivity index is 1.58. The highest BCUT2D eigenvalue weighted by Gasteiger charge is 2.40. The molecule has 2 saturated carbocycles. The number of nitrogens with one attached hydrogen (secondary N) is 2. The van der Waals surface area contributed by atoms with Gasteiger partial charge in [0.25, 0.3) is 0 Å². The molecule has 0 radical (unpaired) electrons. The van der Waals surface area contributed by atoms with E-state index in [0.717, 1.165) is 53.8 Å². The molecular formula is C34H43FN6O3. The van der Waals surface area contributed by atoms with Crippen molar-refractivity contribution in [3.63, 3.8) is 0 Å². The van der Waals surface area contributed by atoms with Crippen molar-refractivity contribution in [1.29, 1.82) is 0 Å². The van der Waals surface area contributed by atoms with Gasteiger partial charge in [-0.05, 0) is 88.9 Å². The lowest BCUT2D eigenvalue weighted by atomic mass is 10.0. The highest BCUT2D eigenvalue weighted by atomic mass is 19.1. The van der Waals surface area contributed by atoms with Crippen LogP contribution in [0, 0.1) is 5.82 Å². The molecule has 0 saturated heterocycles. The molecule has 9 nitrogen and oxygen atoms in total. The Morgan fingerprint density at radius 1 is 0.818 bits per heavy atom. The third kappa shape index (κ3) is 6.16. The zero-order valence-electron chi connectivity index (χ0n) is 25.9. The van der Waals surface area contributed by atoms with Gasteiger partial charge in [-0.3, -0.25) is 0 Å². The number of pyridine rings is 1. The van der Waals surface area contributed by atoms with Gasteiger partial charge in [0, 0.05) is 43.7 Å². The van der Waals surface area contributed by atoms with Gasteiger partial charge in [-0.2, -0.15) is 5.10 Å². The van der Waals surface area contributed by atoms with Crippen molar-refractivity contribution in [1.82, 2.24) is 19.6 Å². The third-order valence-electron chi connectivity index (χ3n) is 8.54. The molecule has 0 unspecified atom stereocenters. The first-order valence-electron chi connectivity index (χ1n) is 16.2. The summed E-state index contributed by atoms with van der Waals surface area (Å²) in [4.78, 5) is 9.52. The Hall–Kier alpha value is -3.60. The molecule has 0 amide bonds. The zero-order valence-corrected chi connectivity index (χ0v) is 25.9. The molecule has 2 aliphatic carbocycles. The van der Waals surface area contributed by atoms with E-state index in [-0.39, 0.29) is 11.9 Å². The van der Waals surface area contributed by atoms with Gasteiger partial charge in [0.1, 0.15) is 17.3 Å². The fourth-order valence-corrected chi connectivity index (χ4v) is 6.57. The van der Waals surface area contributed by atoms with Gasteiger partial charge in [0.15, 0.2) is 0 Å². The SMILES string of the molecule is CCOC(OCC)(OCC)c1ccc2c(-c3ccnc(NC4CCCC4)n3)c(-c3ccc(F)cc3)nn2c1NC1CCCC1. The van der Waals surface area contributed by atoms with Crippen LogP contribution in [0.4, 0.5) is 16.2 Å². The summed E-state index contributed by atoms with van der Waals surface area (Å²) in [5.74, 6) is -0.367. The molecule has 0 atom stereocenters. The van der Waals surface area contributed by atoms with Gasteiger partial charge in [0.2, 0.25) is 5.95 Å². The van der Waals surface area contributed by atoms with Crippen LogP contribution in [-0.4, -0.2) is 51.5 Å². The summed E-state index contributed by atoms with van der Waals surface area (Å²) in [6.07, 6.45) is 10.9. The largest absolute Gasteiger partial charge is 0.367 e. The third-order valence-corrected chi connectivity index (χ3v) is 8.54. The number of anilines is 2. The van der Waals surface area contributed by atoms with Crippen molar-refractivity contribution >= 4 is 17.3 Å². The molecule has 10 heteroatoms. The number of hydrogen-bond donors (Lipinski definition) is 2.